The zero-order chi connectivity index (χ0) is 16.1. The Morgan fingerprint density at radius 2 is 2.23 bits per heavy atom. The number of carbonyl (C=O) groups excluding carboxylic acids is 1. The van der Waals surface area contributed by atoms with E-state index < -0.39 is 0 Å². The predicted octanol–water partition coefficient (Wildman–Crippen LogP) is 5.27. The fourth-order valence-corrected chi connectivity index (χ4v) is 4.80. The first kappa shape index (κ1) is 18.1. The van der Waals surface area contributed by atoms with Crippen molar-refractivity contribution in [3.05, 3.63) is 29.5 Å². The van der Waals surface area contributed by atoms with Gasteiger partial charge in [0.25, 0.3) is 0 Å². The van der Waals surface area contributed by atoms with Crippen LogP contribution in [0.4, 0.5) is 5.69 Å². The second-order valence-corrected chi connectivity index (χ2v) is 7.57. The lowest BCUT2D eigenvalue weighted by Gasteiger charge is -2.10. The number of nitrogens with one attached hydrogen (secondary N) is 1. The van der Waals surface area contributed by atoms with E-state index in [0.29, 0.717) is 11.6 Å². The Morgan fingerprint density at radius 1 is 1.45 bits per heavy atom. The number of aromatic nitrogens is 1. The van der Waals surface area contributed by atoms with Crippen LogP contribution in [0.2, 0.25) is 0 Å². The van der Waals surface area contributed by atoms with Gasteiger partial charge in [0.05, 0.1) is 12.6 Å². The molecule has 0 aliphatic heterocycles. The van der Waals surface area contributed by atoms with Crippen molar-refractivity contribution in [3.63, 3.8) is 0 Å². The highest BCUT2D eigenvalue weighted by Crippen LogP contribution is 2.33. The Balaban J connectivity index is 2.36. The van der Waals surface area contributed by atoms with Crippen molar-refractivity contribution in [2.45, 2.75) is 13.3 Å². The van der Waals surface area contributed by atoms with Gasteiger partial charge in [-0.25, -0.2) is 4.79 Å². The zero-order valence-electron chi connectivity index (χ0n) is 12.2. The summed E-state index contributed by atoms with van der Waals surface area (Å²) in [6.07, 6.45) is 0.965. The van der Waals surface area contributed by atoms with E-state index in [-0.39, 0.29) is 5.97 Å². The topological polar surface area (TPSA) is 43.3 Å². The van der Waals surface area contributed by atoms with Crippen LogP contribution in [0.5, 0.6) is 0 Å². The minimum absolute atomic E-state index is 0.330. The highest BCUT2D eigenvalue weighted by molar-refractivity contribution is 14.2. The van der Waals surface area contributed by atoms with Crippen LogP contribution >= 0.6 is 53.9 Å². The number of fused-ring (bicyclic) bond motifs is 1. The first-order chi connectivity index (χ1) is 10.6. The number of alkyl halides is 1. The van der Waals surface area contributed by atoms with Crippen LogP contribution in [-0.2, 0) is 4.74 Å². The third kappa shape index (κ3) is 3.98. The number of anilines is 1. The molecule has 0 fully saturated rings. The average Bonchev–Trinajstić information content (AvgIpc) is 2.88. The Labute approximate surface area is 155 Å². The summed E-state index contributed by atoms with van der Waals surface area (Å²) in [6.45, 7) is 2.05. The molecule has 0 amide bonds. The summed E-state index contributed by atoms with van der Waals surface area (Å²) in [4.78, 5) is 11.9. The standard InChI is InChI=1S/C14H16ClIN2O2S2/c1-9-6-10-7-13(14(19)20-2)18(22-16)12(10)8-11(9)17-21-5-3-4-15/h6-8,17H,3-5H2,1-2H3. The molecule has 0 saturated carbocycles. The van der Waals surface area contributed by atoms with Crippen molar-refractivity contribution in [2.24, 2.45) is 0 Å². The SMILES string of the molecule is COC(=O)c1cc2cc(C)c(NSCCCCl)cc2n1SI. The van der Waals surface area contributed by atoms with Gasteiger partial charge in [-0.2, -0.15) is 0 Å². The Morgan fingerprint density at radius 3 is 2.86 bits per heavy atom. The number of hydrogen-bond acceptors (Lipinski definition) is 5. The minimum atomic E-state index is -0.330. The Bertz CT molecular complexity index is 678. The van der Waals surface area contributed by atoms with Gasteiger partial charge in [0.2, 0.25) is 0 Å². The van der Waals surface area contributed by atoms with Gasteiger partial charge in [0.1, 0.15) is 5.69 Å². The summed E-state index contributed by atoms with van der Waals surface area (Å²) in [5.74, 6) is 1.30. The number of ether oxygens (including phenoxy) is 1. The van der Waals surface area contributed by atoms with Crippen LogP contribution in [-0.4, -0.2) is 28.7 Å². The first-order valence-corrected chi connectivity index (χ1v) is 11.4. The minimum Gasteiger partial charge on any atom is -0.464 e. The molecule has 2 rings (SSSR count). The summed E-state index contributed by atoms with van der Waals surface area (Å²) in [5.41, 5.74) is 3.72. The largest absolute Gasteiger partial charge is 0.464 e. The highest BCUT2D eigenvalue weighted by Gasteiger charge is 2.17. The number of hydrogen-bond donors (Lipinski definition) is 1. The van der Waals surface area contributed by atoms with Crippen molar-refractivity contribution >= 4 is 76.4 Å². The van der Waals surface area contributed by atoms with Gasteiger partial charge in [0.15, 0.2) is 0 Å². The van der Waals surface area contributed by atoms with Crippen molar-refractivity contribution in [3.8, 4) is 0 Å². The molecule has 0 spiro atoms. The number of nitrogens with zero attached hydrogens (tertiary/aromatic N) is 1. The molecule has 8 heteroatoms. The van der Waals surface area contributed by atoms with Crippen LogP contribution in [0.25, 0.3) is 10.9 Å². The van der Waals surface area contributed by atoms with Crippen LogP contribution in [0.1, 0.15) is 22.5 Å². The molecule has 0 aliphatic carbocycles. The highest BCUT2D eigenvalue weighted by atomic mass is 127. The van der Waals surface area contributed by atoms with Gasteiger partial charge in [-0.15, -0.1) is 11.6 Å². The lowest BCUT2D eigenvalue weighted by molar-refractivity contribution is 0.0594. The van der Waals surface area contributed by atoms with Gasteiger partial charge in [-0.05, 0) is 37.1 Å². The molecule has 0 radical (unpaired) electrons. The van der Waals surface area contributed by atoms with E-state index in [0.717, 1.165) is 34.3 Å². The zero-order valence-corrected chi connectivity index (χ0v) is 16.7. The van der Waals surface area contributed by atoms with Crippen molar-refractivity contribution in [1.29, 1.82) is 0 Å². The van der Waals surface area contributed by atoms with Gasteiger partial charge < -0.3 is 9.46 Å². The number of aryl methyl sites for hydroxylation is 1. The Hall–Kier alpha value is -0.250. The number of carbonyl (C=O) groups is 1. The molecule has 1 N–H and O–H groups in total. The number of halogens is 2. The summed E-state index contributed by atoms with van der Waals surface area (Å²) >= 11 is 9.49. The van der Waals surface area contributed by atoms with E-state index in [1.54, 1.807) is 11.9 Å². The van der Waals surface area contributed by atoms with E-state index >= 15 is 0 Å². The molecule has 2 aromatic rings. The molecule has 0 bridgehead atoms. The average molecular weight is 471 g/mol. The van der Waals surface area contributed by atoms with Gasteiger partial charge in [0, 0.05) is 53.0 Å². The maximum Gasteiger partial charge on any atom is 0.355 e. The van der Waals surface area contributed by atoms with E-state index in [1.165, 1.54) is 16.2 Å². The lowest BCUT2D eigenvalue weighted by Crippen LogP contribution is -2.05. The monoisotopic (exact) mass is 470 g/mol. The molecule has 0 saturated heterocycles. The van der Waals surface area contributed by atoms with Crippen molar-refractivity contribution < 1.29 is 9.53 Å². The number of esters is 1. The quantitative estimate of drug-likeness (QED) is 0.196. The smallest absolute Gasteiger partial charge is 0.355 e. The molecule has 0 unspecified atom stereocenters. The number of rotatable bonds is 7. The fourth-order valence-electron chi connectivity index (χ4n) is 2.03. The molecule has 0 aliphatic rings. The first-order valence-electron chi connectivity index (χ1n) is 6.59. The molecule has 4 nitrogen and oxygen atoms in total. The van der Waals surface area contributed by atoms with Crippen LogP contribution in [0, 0.1) is 6.92 Å². The summed E-state index contributed by atoms with van der Waals surface area (Å²) < 4.78 is 10.1. The van der Waals surface area contributed by atoms with Gasteiger partial charge in [-0.1, -0.05) is 11.9 Å². The Kier molecular flexibility index (Phi) is 7.04. The van der Waals surface area contributed by atoms with Crippen LogP contribution in [0.3, 0.4) is 0 Å². The van der Waals surface area contributed by atoms with E-state index in [1.807, 2.05) is 10.0 Å². The third-order valence-corrected chi connectivity index (χ3v) is 5.97. The maximum atomic E-state index is 11.9. The van der Waals surface area contributed by atoms with Crippen LogP contribution in [0.15, 0.2) is 18.2 Å². The second kappa shape index (κ2) is 8.56. The molecule has 1 aromatic carbocycles. The van der Waals surface area contributed by atoms with E-state index in [4.69, 9.17) is 16.3 Å². The second-order valence-electron chi connectivity index (χ2n) is 4.60. The van der Waals surface area contributed by atoms with Gasteiger partial charge >= 0.3 is 5.97 Å². The molecule has 0 atom stereocenters. The number of methoxy groups -OCH3 is 1. The molecular weight excluding hydrogens is 455 g/mol. The normalized spacial score (nSPS) is 10.9. The van der Waals surface area contributed by atoms with E-state index in [9.17, 15) is 4.79 Å². The summed E-state index contributed by atoms with van der Waals surface area (Å²) in [7, 11) is 2.85. The van der Waals surface area contributed by atoms with Gasteiger partial charge in [-0.3, -0.25) is 3.97 Å². The summed E-state index contributed by atoms with van der Waals surface area (Å²) in [5, 5.41) is 1.03. The molecule has 22 heavy (non-hydrogen) atoms. The summed E-state index contributed by atoms with van der Waals surface area (Å²) in [6, 6.07) is 6.01. The van der Waals surface area contributed by atoms with E-state index in [2.05, 4.69) is 45.0 Å². The molecular formula is C14H16ClIN2O2S2. The third-order valence-electron chi connectivity index (χ3n) is 3.13. The van der Waals surface area contributed by atoms with Crippen molar-refractivity contribution in [1.82, 2.24) is 3.97 Å². The number of benzene rings is 1. The van der Waals surface area contributed by atoms with Crippen LogP contribution < -0.4 is 4.72 Å². The molecule has 1 aromatic heterocycles. The fraction of sp³-hybridized carbons (Fsp3) is 0.357. The maximum absolute atomic E-state index is 11.9. The predicted molar refractivity (Wildman–Crippen MR) is 106 cm³/mol. The van der Waals surface area contributed by atoms with Crippen molar-refractivity contribution in [2.75, 3.05) is 23.5 Å². The lowest BCUT2D eigenvalue weighted by atomic mass is 10.1. The molecule has 120 valence electrons. The molecule has 1 heterocycles.